The van der Waals surface area contributed by atoms with Gasteiger partial charge in [0.25, 0.3) is 0 Å². The van der Waals surface area contributed by atoms with E-state index in [2.05, 4.69) is 10.6 Å². The third-order valence-electron chi connectivity index (χ3n) is 2.27. The molecule has 1 aromatic carbocycles. The van der Waals surface area contributed by atoms with Crippen LogP contribution in [0.25, 0.3) is 0 Å². The van der Waals surface area contributed by atoms with E-state index in [-0.39, 0.29) is 18.9 Å². The predicted octanol–water partition coefficient (Wildman–Crippen LogP) is 2.40. The number of ether oxygens (including phenoxy) is 1. The molecule has 1 rings (SSSR count). The van der Waals surface area contributed by atoms with Crippen LogP contribution in [-0.4, -0.2) is 25.2 Å². The van der Waals surface area contributed by atoms with Gasteiger partial charge in [0, 0.05) is 12.2 Å². The van der Waals surface area contributed by atoms with Crippen molar-refractivity contribution in [3.8, 4) is 0 Å². The fourth-order valence-electron chi connectivity index (χ4n) is 1.32. The highest BCUT2D eigenvalue weighted by atomic mass is 16.5. The van der Waals surface area contributed by atoms with Crippen molar-refractivity contribution in [2.45, 2.75) is 20.3 Å². The first kappa shape index (κ1) is 15.0. The first-order chi connectivity index (χ1) is 9.08. The van der Waals surface area contributed by atoms with Crippen molar-refractivity contribution in [3.05, 3.63) is 30.3 Å². The first-order valence-corrected chi connectivity index (χ1v) is 6.33. The van der Waals surface area contributed by atoms with Crippen LogP contribution in [0.4, 0.5) is 10.5 Å². The Morgan fingerprint density at radius 3 is 2.53 bits per heavy atom. The molecule has 0 bridgehead atoms. The minimum absolute atomic E-state index is 0.0720. The van der Waals surface area contributed by atoms with E-state index in [0.29, 0.717) is 12.5 Å². The van der Waals surface area contributed by atoms with Gasteiger partial charge in [-0.05, 0) is 18.1 Å². The largest absolute Gasteiger partial charge is 0.449 e. The predicted molar refractivity (Wildman–Crippen MR) is 73.9 cm³/mol. The molecule has 0 unspecified atom stereocenters. The Kier molecular flexibility index (Phi) is 6.43. The Bertz CT molecular complexity index is 404. The molecule has 1 aromatic rings. The fraction of sp³-hybridized carbons (Fsp3) is 0.429. The van der Waals surface area contributed by atoms with Gasteiger partial charge in [0.15, 0.2) is 0 Å². The summed E-state index contributed by atoms with van der Waals surface area (Å²) in [5, 5.41) is 5.33. The first-order valence-electron chi connectivity index (χ1n) is 6.33. The summed E-state index contributed by atoms with van der Waals surface area (Å²) in [5.41, 5.74) is 0.733. The maximum atomic E-state index is 11.5. The van der Waals surface area contributed by atoms with Crippen LogP contribution in [0.5, 0.6) is 0 Å². The number of carbonyl (C=O) groups is 2. The van der Waals surface area contributed by atoms with Crippen molar-refractivity contribution in [2.75, 3.05) is 18.5 Å². The Hall–Kier alpha value is -2.04. The second kappa shape index (κ2) is 8.13. The molecule has 104 valence electrons. The Morgan fingerprint density at radius 1 is 1.21 bits per heavy atom. The van der Waals surface area contributed by atoms with Crippen molar-refractivity contribution in [2.24, 2.45) is 5.92 Å². The lowest BCUT2D eigenvalue weighted by Crippen LogP contribution is -2.29. The van der Waals surface area contributed by atoms with Crippen LogP contribution in [-0.2, 0) is 9.53 Å². The number of benzene rings is 1. The van der Waals surface area contributed by atoms with E-state index < -0.39 is 6.09 Å². The van der Waals surface area contributed by atoms with Gasteiger partial charge in [0.1, 0.15) is 6.61 Å². The minimum atomic E-state index is -0.485. The number of amides is 2. The quantitative estimate of drug-likeness (QED) is 0.829. The van der Waals surface area contributed by atoms with E-state index in [1.54, 1.807) is 12.1 Å². The molecule has 2 N–H and O–H groups in total. The minimum Gasteiger partial charge on any atom is -0.449 e. The van der Waals surface area contributed by atoms with Gasteiger partial charge in [0.2, 0.25) is 5.91 Å². The van der Waals surface area contributed by atoms with Crippen LogP contribution in [0.3, 0.4) is 0 Å². The van der Waals surface area contributed by atoms with E-state index in [4.69, 9.17) is 4.74 Å². The van der Waals surface area contributed by atoms with Crippen LogP contribution in [0, 0.1) is 5.92 Å². The highest BCUT2D eigenvalue weighted by Gasteiger charge is 2.06. The maximum absolute atomic E-state index is 11.5. The van der Waals surface area contributed by atoms with Gasteiger partial charge in [-0.3, -0.25) is 4.79 Å². The van der Waals surface area contributed by atoms with Crippen LogP contribution in [0.2, 0.25) is 0 Å². The van der Waals surface area contributed by atoms with Crippen LogP contribution >= 0.6 is 0 Å². The van der Waals surface area contributed by atoms with Gasteiger partial charge >= 0.3 is 6.09 Å². The van der Waals surface area contributed by atoms with Crippen LogP contribution in [0.1, 0.15) is 20.3 Å². The molecule has 0 fully saturated rings. The molecule has 0 saturated heterocycles. The second-order valence-corrected chi connectivity index (χ2v) is 4.57. The number of carbonyl (C=O) groups excluding carboxylic acids is 2. The molecule has 0 atom stereocenters. The van der Waals surface area contributed by atoms with Crippen molar-refractivity contribution >= 4 is 17.7 Å². The van der Waals surface area contributed by atoms with Gasteiger partial charge in [-0.15, -0.1) is 0 Å². The number of hydrogen-bond acceptors (Lipinski definition) is 3. The van der Waals surface area contributed by atoms with Gasteiger partial charge < -0.3 is 15.4 Å². The molecule has 0 aromatic heterocycles. The number of rotatable bonds is 6. The highest BCUT2D eigenvalue weighted by Crippen LogP contribution is 2.05. The summed E-state index contributed by atoms with van der Waals surface area (Å²) in [4.78, 5) is 22.8. The van der Waals surface area contributed by atoms with Gasteiger partial charge in [-0.2, -0.15) is 0 Å². The SMILES string of the molecule is CC(C)CNC(=O)OCCC(=O)Nc1ccccc1. The summed E-state index contributed by atoms with van der Waals surface area (Å²) in [7, 11) is 0. The lowest BCUT2D eigenvalue weighted by atomic mass is 10.2. The summed E-state index contributed by atoms with van der Waals surface area (Å²) >= 11 is 0. The van der Waals surface area contributed by atoms with E-state index in [0.717, 1.165) is 5.69 Å². The zero-order chi connectivity index (χ0) is 14.1. The average molecular weight is 264 g/mol. The third kappa shape index (κ3) is 7.08. The normalized spacial score (nSPS) is 10.1. The summed E-state index contributed by atoms with van der Waals surface area (Å²) in [6, 6.07) is 9.15. The molecular weight excluding hydrogens is 244 g/mol. The van der Waals surface area contributed by atoms with E-state index in [1.165, 1.54) is 0 Å². The molecule has 0 aliphatic carbocycles. The van der Waals surface area contributed by atoms with Gasteiger partial charge in [-0.1, -0.05) is 32.0 Å². The fourth-order valence-corrected chi connectivity index (χ4v) is 1.32. The number of para-hydroxylation sites is 1. The molecule has 5 nitrogen and oxygen atoms in total. The van der Waals surface area contributed by atoms with E-state index in [1.807, 2.05) is 32.0 Å². The average Bonchev–Trinajstić information content (AvgIpc) is 2.37. The summed E-state index contributed by atoms with van der Waals surface area (Å²) in [6.07, 6.45) is -0.342. The molecule has 19 heavy (non-hydrogen) atoms. The Labute approximate surface area is 113 Å². The smallest absolute Gasteiger partial charge is 0.407 e. The van der Waals surface area contributed by atoms with Gasteiger partial charge in [0.05, 0.1) is 6.42 Å². The molecule has 0 radical (unpaired) electrons. The summed E-state index contributed by atoms with van der Waals surface area (Å²) in [6.45, 7) is 4.62. The van der Waals surface area contributed by atoms with E-state index >= 15 is 0 Å². The summed E-state index contributed by atoms with van der Waals surface area (Å²) < 4.78 is 4.89. The van der Waals surface area contributed by atoms with Crippen LogP contribution < -0.4 is 10.6 Å². The summed E-state index contributed by atoms with van der Waals surface area (Å²) in [5.74, 6) is 0.191. The molecule has 0 aliphatic heterocycles. The Morgan fingerprint density at radius 2 is 1.89 bits per heavy atom. The Balaban J connectivity index is 2.15. The molecule has 0 aliphatic rings. The lowest BCUT2D eigenvalue weighted by molar-refractivity contribution is -0.116. The zero-order valence-corrected chi connectivity index (χ0v) is 11.3. The molecule has 2 amide bonds. The van der Waals surface area contributed by atoms with Crippen molar-refractivity contribution in [3.63, 3.8) is 0 Å². The monoisotopic (exact) mass is 264 g/mol. The van der Waals surface area contributed by atoms with Crippen molar-refractivity contribution in [1.82, 2.24) is 5.32 Å². The van der Waals surface area contributed by atoms with Crippen molar-refractivity contribution in [1.29, 1.82) is 0 Å². The topological polar surface area (TPSA) is 67.4 Å². The molecule has 0 spiro atoms. The number of alkyl carbamates (subject to hydrolysis) is 1. The van der Waals surface area contributed by atoms with Gasteiger partial charge in [-0.25, -0.2) is 4.79 Å². The number of nitrogens with one attached hydrogen (secondary N) is 2. The number of anilines is 1. The third-order valence-corrected chi connectivity index (χ3v) is 2.27. The standard InChI is InChI=1S/C14H20N2O3/c1-11(2)10-15-14(18)19-9-8-13(17)16-12-6-4-3-5-7-12/h3-7,11H,8-10H2,1-2H3,(H,15,18)(H,16,17). The van der Waals surface area contributed by atoms with Crippen molar-refractivity contribution < 1.29 is 14.3 Å². The second-order valence-electron chi connectivity index (χ2n) is 4.57. The highest BCUT2D eigenvalue weighted by molar-refractivity contribution is 5.90. The molecule has 0 heterocycles. The zero-order valence-electron chi connectivity index (χ0n) is 11.3. The lowest BCUT2D eigenvalue weighted by Gasteiger charge is -2.09. The van der Waals surface area contributed by atoms with E-state index in [9.17, 15) is 9.59 Å². The van der Waals surface area contributed by atoms with Crippen LogP contribution in [0.15, 0.2) is 30.3 Å². The molecule has 5 heteroatoms. The molecular formula is C14H20N2O3. The number of hydrogen-bond donors (Lipinski definition) is 2. The maximum Gasteiger partial charge on any atom is 0.407 e. The molecule has 0 saturated carbocycles.